The van der Waals surface area contributed by atoms with Gasteiger partial charge in [-0.05, 0) is 49.8 Å². The molecule has 1 saturated heterocycles. The number of hydrogen-bond acceptors (Lipinski definition) is 3. The maximum Gasteiger partial charge on any atom is 0.303 e. The topological polar surface area (TPSA) is 66.8 Å². The van der Waals surface area contributed by atoms with Crippen LogP contribution in [-0.2, 0) is 9.59 Å². The number of carboxylic acids is 1. The molecule has 22 heavy (non-hydrogen) atoms. The molecule has 120 valence electrons. The number of carbonyl (C=O) groups is 2. The highest BCUT2D eigenvalue weighted by atomic mass is 16.5. The van der Waals surface area contributed by atoms with Crippen molar-refractivity contribution >= 4 is 11.9 Å². The first-order chi connectivity index (χ1) is 10.5. The Labute approximate surface area is 130 Å². The molecule has 1 N–H and O–H groups in total. The number of hydrogen-bond donors (Lipinski definition) is 1. The SMILES string of the molecule is Cc1cccc(OCC(=O)N2CCC[C@@H](CCC(=O)O)C2)c1. The molecule has 0 aromatic heterocycles. The second-order valence-corrected chi connectivity index (χ2v) is 5.89. The minimum absolute atomic E-state index is 0.0264. The molecule has 0 spiro atoms. The Morgan fingerprint density at radius 1 is 1.41 bits per heavy atom. The van der Waals surface area contributed by atoms with Crippen molar-refractivity contribution in [3.8, 4) is 5.75 Å². The van der Waals surface area contributed by atoms with Crippen LogP contribution in [0.1, 0.15) is 31.2 Å². The van der Waals surface area contributed by atoms with Gasteiger partial charge in [-0.25, -0.2) is 0 Å². The zero-order chi connectivity index (χ0) is 15.9. The average molecular weight is 305 g/mol. The number of aryl methyl sites for hydroxylation is 1. The number of carboxylic acid groups (broad SMARTS) is 1. The van der Waals surface area contributed by atoms with Crippen molar-refractivity contribution < 1.29 is 19.4 Å². The van der Waals surface area contributed by atoms with Crippen LogP contribution in [-0.4, -0.2) is 41.6 Å². The first-order valence-corrected chi connectivity index (χ1v) is 7.73. The second kappa shape index (κ2) is 7.82. The van der Waals surface area contributed by atoms with Gasteiger partial charge < -0.3 is 14.7 Å². The summed E-state index contributed by atoms with van der Waals surface area (Å²) < 4.78 is 5.55. The highest BCUT2D eigenvalue weighted by Gasteiger charge is 2.24. The van der Waals surface area contributed by atoms with E-state index in [-0.39, 0.29) is 24.9 Å². The molecule has 0 unspecified atom stereocenters. The van der Waals surface area contributed by atoms with Crippen molar-refractivity contribution in [2.24, 2.45) is 5.92 Å². The molecular weight excluding hydrogens is 282 g/mol. The van der Waals surface area contributed by atoms with Crippen molar-refractivity contribution in [2.75, 3.05) is 19.7 Å². The van der Waals surface area contributed by atoms with E-state index in [1.165, 1.54) is 0 Å². The Balaban J connectivity index is 1.80. The molecule has 1 heterocycles. The normalized spacial score (nSPS) is 18.0. The highest BCUT2D eigenvalue weighted by Crippen LogP contribution is 2.21. The van der Waals surface area contributed by atoms with Gasteiger partial charge in [0.05, 0.1) is 0 Å². The van der Waals surface area contributed by atoms with Gasteiger partial charge in [0.25, 0.3) is 5.91 Å². The minimum Gasteiger partial charge on any atom is -0.484 e. The first kappa shape index (κ1) is 16.3. The van der Waals surface area contributed by atoms with Crippen molar-refractivity contribution in [3.63, 3.8) is 0 Å². The number of amides is 1. The van der Waals surface area contributed by atoms with Gasteiger partial charge in [0.15, 0.2) is 6.61 Å². The fourth-order valence-corrected chi connectivity index (χ4v) is 2.80. The second-order valence-electron chi connectivity index (χ2n) is 5.89. The first-order valence-electron chi connectivity index (χ1n) is 7.73. The molecule has 1 amide bonds. The fraction of sp³-hybridized carbons (Fsp3) is 0.529. The zero-order valence-corrected chi connectivity index (χ0v) is 13.0. The summed E-state index contributed by atoms with van der Waals surface area (Å²) in [6.45, 7) is 3.39. The minimum atomic E-state index is -0.772. The molecule has 0 aliphatic carbocycles. The van der Waals surface area contributed by atoms with Gasteiger partial charge >= 0.3 is 5.97 Å². The van der Waals surface area contributed by atoms with Crippen LogP contribution in [0, 0.1) is 12.8 Å². The highest BCUT2D eigenvalue weighted by molar-refractivity contribution is 5.77. The maximum atomic E-state index is 12.2. The summed E-state index contributed by atoms with van der Waals surface area (Å²) in [5.74, 6) is 0.188. The third kappa shape index (κ3) is 5.06. The van der Waals surface area contributed by atoms with E-state index in [0.717, 1.165) is 24.9 Å². The van der Waals surface area contributed by atoms with Gasteiger partial charge in [0, 0.05) is 19.5 Å². The van der Waals surface area contributed by atoms with Crippen molar-refractivity contribution in [2.45, 2.75) is 32.6 Å². The number of likely N-dealkylation sites (tertiary alicyclic amines) is 1. The van der Waals surface area contributed by atoms with Gasteiger partial charge in [0.2, 0.25) is 0 Å². The summed E-state index contributed by atoms with van der Waals surface area (Å²) in [5.41, 5.74) is 1.09. The van der Waals surface area contributed by atoms with Crippen LogP contribution >= 0.6 is 0 Å². The van der Waals surface area contributed by atoms with E-state index in [9.17, 15) is 9.59 Å². The summed E-state index contributed by atoms with van der Waals surface area (Å²) in [7, 11) is 0. The summed E-state index contributed by atoms with van der Waals surface area (Å²) in [4.78, 5) is 24.7. The standard InChI is InChI=1S/C17H23NO4/c1-13-4-2-6-15(10-13)22-12-16(19)18-9-3-5-14(11-18)7-8-17(20)21/h2,4,6,10,14H,3,5,7-9,11-12H2,1H3,(H,20,21)/t14-/m0/s1. The molecule has 1 atom stereocenters. The molecule has 2 rings (SSSR count). The van der Waals surface area contributed by atoms with E-state index in [2.05, 4.69) is 0 Å². The van der Waals surface area contributed by atoms with Gasteiger partial charge in [-0.3, -0.25) is 9.59 Å². The molecule has 1 fully saturated rings. The Morgan fingerprint density at radius 2 is 2.23 bits per heavy atom. The van der Waals surface area contributed by atoms with E-state index in [1.54, 1.807) is 4.90 Å². The number of nitrogens with zero attached hydrogens (tertiary/aromatic N) is 1. The lowest BCUT2D eigenvalue weighted by Gasteiger charge is -2.32. The maximum absolute atomic E-state index is 12.2. The molecule has 0 saturated carbocycles. The van der Waals surface area contributed by atoms with Crippen LogP contribution in [0.5, 0.6) is 5.75 Å². The van der Waals surface area contributed by atoms with Crippen LogP contribution in [0.25, 0.3) is 0 Å². The summed E-state index contributed by atoms with van der Waals surface area (Å²) >= 11 is 0. The van der Waals surface area contributed by atoms with Gasteiger partial charge in [-0.2, -0.15) is 0 Å². The largest absolute Gasteiger partial charge is 0.484 e. The third-order valence-electron chi connectivity index (χ3n) is 3.99. The molecule has 5 nitrogen and oxygen atoms in total. The molecule has 1 aliphatic rings. The molecule has 0 radical (unpaired) electrons. The van der Waals surface area contributed by atoms with Crippen LogP contribution in [0.2, 0.25) is 0 Å². The fourth-order valence-electron chi connectivity index (χ4n) is 2.80. The Hall–Kier alpha value is -2.04. The lowest BCUT2D eigenvalue weighted by molar-refractivity contribution is -0.137. The van der Waals surface area contributed by atoms with E-state index in [0.29, 0.717) is 18.7 Å². The molecule has 1 aliphatic heterocycles. The number of aliphatic carboxylic acids is 1. The van der Waals surface area contributed by atoms with Crippen LogP contribution < -0.4 is 4.74 Å². The van der Waals surface area contributed by atoms with Crippen molar-refractivity contribution in [1.82, 2.24) is 4.90 Å². The van der Waals surface area contributed by atoms with Gasteiger partial charge in [0.1, 0.15) is 5.75 Å². The lowest BCUT2D eigenvalue weighted by atomic mass is 9.93. The molecule has 1 aromatic rings. The van der Waals surface area contributed by atoms with Crippen LogP contribution in [0.4, 0.5) is 0 Å². The number of piperidine rings is 1. The lowest BCUT2D eigenvalue weighted by Crippen LogP contribution is -2.42. The molecule has 5 heteroatoms. The van der Waals surface area contributed by atoms with Gasteiger partial charge in [-0.1, -0.05) is 12.1 Å². The zero-order valence-electron chi connectivity index (χ0n) is 13.0. The monoisotopic (exact) mass is 305 g/mol. The van der Waals surface area contributed by atoms with E-state index < -0.39 is 5.97 Å². The number of ether oxygens (including phenoxy) is 1. The predicted molar refractivity (Wildman–Crippen MR) is 82.8 cm³/mol. The average Bonchev–Trinajstić information content (AvgIpc) is 2.51. The van der Waals surface area contributed by atoms with Crippen molar-refractivity contribution in [3.05, 3.63) is 29.8 Å². The van der Waals surface area contributed by atoms with E-state index in [1.807, 2.05) is 31.2 Å². The Bertz CT molecular complexity index is 529. The summed E-state index contributed by atoms with van der Waals surface area (Å²) in [6.07, 6.45) is 2.74. The third-order valence-corrected chi connectivity index (χ3v) is 3.99. The van der Waals surface area contributed by atoms with E-state index >= 15 is 0 Å². The molecular formula is C17H23NO4. The van der Waals surface area contributed by atoms with Gasteiger partial charge in [-0.15, -0.1) is 0 Å². The van der Waals surface area contributed by atoms with Crippen molar-refractivity contribution in [1.29, 1.82) is 0 Å². The van der Waals surface area contributed by atoms with Crippen LogP contribution in [0.15, 0.2) is 24.3 Å². The summed E-state index contributed by atoms with van der Waals surface area (Å²) in [5, 5.41) is 8.75. The Morgan fingerprint density at radius 3 is 2.95 bits per heavy atom. The predicted octanol–water partition coefficient (Wildman–Crippen LogP) is 2.48. The Kier molecular flexibility index (Phi) is 5.81. The number of rotatable bonds is 6. The van der Waals surface area contributed by atoms with Crippen LogP contribution in [0.3, 0.4) is 0 Å². The van der Waals surface area contributed by atoms with E-state index in [4.69, 9.17) is 9.84 Å². The molecule has 0 bridgehead atoms. The summed E-state index contributed by atoms with van der Waals surface area (Å²) in [6, 6.07) is 7.62. The number of benzene rings is 1. The number of carbonyl (C=O) groups excluding carboxylic acids is 1. The smallest absolute Gasteiger partial charge is 0.303 e. The quantitative estimate of drug-likeness (QED) is 0.877. The molecule has 1 aromatic carbocycles.